The van der Waals surface area contributed by atoms with Gasteiger partial charge in [0, 0.05) is 31.7 Å². The Morgan fingerprint density at radius 3 is 2.64 bits per heavy atom. The van der Waals surface area contributed by atoms with Crippen molar-refractivity contribution in [2.24, 2.45) is 0 Å². The fourth-order valence-electron chi connectivity index (χ4n) is 2.43. The highest BCUT2D eigenvalue weighted by Crippen LogP contribution is 2.13. The summed E-state index contributed by atoms with van der Waals surface area (Å²) in [7, 11) is 0. The van der Waals surface area contributed by atoms with E-state index in [1.165, 1.54) is 5.56 Å². The lowest BCUT2D eigenvalue weighted by atomic mass is 10.1. The minimum absolute atomic E-state index is 0.186. The second-order valence-electron chi connectivity index (χ2n) is 5.80. The lowest BCUT2D eigenvalue weighted by Crippen LogP contribution is -2.38. The van der Waals surface area contributed by atoms with E-state index in [1.54, 1.807) is 0 Å². The Bertz CT molecular complexity index is 591. The van der Waals surface area contributed by atoms with Crippen molar-refractivity contribution in [1.82, 2.24) is 14.7 Å². The average Bonchev–Trinajstić information content (AvgIpc) is 2.96. The van der Waals surface area contributed by atoms with Gasteiger partial charge in [-0.25, -0.2) is 0 Å². The zero-order valence-electron chi connectivity index (χ0n) is 13.7. The number of aryl methyl sites for hydroxylation is 2. The van der Waals surface area contributed by atoms with Gasteiger partial charge in [0.25, 0.3) is 0 Å². The lowest BCUT2D eigenvalue weighted by molar-refractivity contribution is -0.134. The van der Waals surface area contributed by atoms with Crippen LogP contribution >= 0.6 is 0 Å². The van der Waals surface area contributed by atoms with Crippen LogP contribution in [0.3, 0.4) is 0 Å². The molecule has 118 valence electrons. The molecule has 0 fully saturated rings. The molecular weight excluding hydrogens is 274 g/mol. The molecule has 0 spiro atoms. The summed E-state index contributed by atoms with van der Waals surface area (Å²) in [6, 6.07) is 10.4. The van der Waals surface area contributed by atoms with E-state index in [0.29, 0.717) is 19.5 Å². The van der Waals surface area contributed by atoms with Crippen LogP contribution in [0.5, 0.6) is 0 Å². The maximum absolute atomic E-state index is 12.6. The molecule has 22 heavy (non-hydrogen) atoms. The molecule has 4 heteroatoms. The predicted octanol–water partition coefficient (Wildman–Crippen LogP) is 3.41. The molecule has 0 N–H and O–H groups in total. The molecule has 0 radical (unpaired) electrons. The topological polar surface area (TPSA) is 38.1 Å². The van der Waals surface area contributed by atoms with Crippen LogP contribution in [-0.2, 0) is 17.9 Å². The van der Waals surface area contributed by atoms with Crippen molar-refractivity contribution >= 4 is 5.91 Å². The van der Waals surface area contributed by atoms with Crippen molar-refractivity contribution in [3.8, 4) is 0 Å². The normalized spacial score (nSPS) is 12.1. The molecule has 0 saturated carbocycles. The molecule has 1 aromatic heterocycles. The van der Waals surface area contributed by atoms with Gasteiger partial charge < -0.3 is 4.90 Å². The minimum atomic E-state index is 0.186. The monoisotopic (exact) mass is 299 g/mol. The van der Waals surface area contributed by atoms with E-state index in [-0.39, 0.29) is 11.9 Å². The fourth-order valence-corrected chi connectivity index (χ4v) is 2.43. The summed E-state index contributed by atoms with van der Waals surface area (Å²) in [5, 5.41) is 4.24. The van der Waals surface area contributed by atoms with E-state index in [4.69, 9.17) is 0 Å². The maximum atomic E-state index is 12.6. The van der Waals surface area contributed by atoms with Gasteiger partial charge in [0.1, 0.15) is 0 Å². The van der Waals surface area contributed by atoms with E-state index >= 15 is 0 Å². The summed E-state index contributed by atoms with van der Waals surface area (Å²) in [5.41, 5.74) is 2.29. The van der Waals surface area contributed by atoms with Crippen molar-refractivity contribution in [3.05, 3.63) is 53.9 Å². The zero-order chi connectivity index (χ0) is 15.9. The molecule has 1 aromatic carbocycles. The summed E-state index contributed by atoms with van der Waals surface area (Å²) in [6.07, 6.45) is 5.23. The molecule has 0 bridgehead atoms. The van der Waals surface area contributed by atoms with Gasteiger partial charge in [0.05, 0.1) is 6.20 Å². The molecule has 0 aliphatic heterocycles. The summed E-state index contributed by atoms with van der Waals surface area (Å²) in [6.45, 7) is 7.54. The summed E-state index contributed by atoms with van der Waals surface area (Å²) >= 11 is 0. The summed E-state index contributed by atoms with van der Waals surface area (Å²) in [5.74, 6) is 0.186. The minimum Gasteiger partial charge on any atom is -0.336 e. The number of hydrogen-bond acceptors (Lipinski definition) is 2. The first kappa shape index (κ1) is 16.3. The second-order valence-corrected chi connectivity index (χ2v) is 5.80. The van der Waals surface area contributed by atoms with Crippen LogP contribution in [0, 0.1) is 6.92 Å². The molecule has 1 atom stereocenters. The van der Waals surface area contributed by atoms with E-state index in [1.807, 2.05) is 47.1 Å². The zero-order valence-corrected chi connectivity index (χ0v) is 13.7. The van der Waals surface area contributed by atoms with Gasteiger partial charge in [-0.2, -0.15) is 5.10 Å². The molecule has 1 amide bonds. The number of carbonyl (C=O) groups excluding carboxylic acids is 1. The molecular formula is C18H25N3O. The fraction of sp³-hybridized carbons (Fsp3) is 0.444. The van der Waals surface area contributed by atoms with Crippen molar-refractivity contribution < 1.29 is 4.79 Å². The Hall–Kier alpha value is -2.10. The van der Waals surface area contributed by atoms with Crippen LogP contribution in [-0.4, -0.2) is 26.6 Å². The smallest absolute Gasteiger partial charge is 0.224 e. The van der Waals surface area contributed by atoms with Gasteiger partial charge in [0.15, 0.2) is 0 Å². The number of carbonyl (C=O) groups is 1. The molecule has 1 heterocycles. The van der Waals surface area contributed by atoms with E-state index in [0.717, 1.165) is 12.0 Å². The highest BCUT2D eigenvalue weighted by atomic mass is 16.2. The lowest BCUT2D eigenvalue weighted by Gasteiger charge is -2.29. The third kappa shape index (κ3) is 4.45. The van der Waals surface area contributed by atoms with Crippen LogP contribution < -0.4 is 0 Å². The Balaban J connectivity index is 1.99. The van der Waals surface area contributed by atoms with Crippen molar-refractivity contribution in [3.63, 3.8) is 0 Å². The molecule has 0 aliphatic carbocycles. The number of aromatic nitrogens is 2. The molecule has 0 saturated heterocycles. The van der Waals surface area contributed by atoms with Crippen molar-refractivity contribution in [1.29, 1.82) is 0 Å². The number of benzene rings is 1. The van der Waals surface area contributed by atoms with E-state index in [9.17, 15) is 4.79 Å². The highest BCUT2D eigenvalue weighted by Gasteiger charge is 2.19. The number of rotatable bonds is 7. The third-order valence-corrected chi connectivity index (χ3v) is 3.96. The van der Waals surface area contributed by atoms with Gasteiger partial charge in [-0.1, -0.05) is 37.3 Å². The van der Waals surface area contributed by atoms with Crippen LogP contribution in [0.2, 0.25) is 0 Å². The quantitative estimate of drug-likeness (QED) is 0.786. The Morgan fingerprint density at radius 1 is 1.32 bits per heavy atom. The number of hydrogen-bond donors (Lipinski definition) is 0. The molecule has 2 aromatic rings. The first-order chi connectivity index (χ1) is 10.6. The Labute approximate surface area is 132 Å². The largest absolute Gasteiger partial charge is 0.336 e. The van der Waals surface area contributed by atoms with E-state index < -0.39 is 0 Å². The van der Waals surface area contributed by atoms with Crippen molar-refractivity contribution in [2.75, 3.05) is 0 Å². The van der Waals surface area contributed by atoms with Crippen LogP contribution in [0.4, 0.5) is 0 Å². The second kappa shape index (κ2) is 7.78. The van der Waals surface area contributed by atoms with Gasteiger partial charge in [0.2, 0.25) is 5.91 Å². The SMILES string of the molecule is CCC(C)N(Cc1ccccc1)C(=O)CCn1cc(C)cn1. The van der Waals surface area contributed by atoms with Gasteiger partial charge >= 0.3 is 0 Å². The van der Waals surface area contributed by atoms with E-state index in [2.05, 4.69) is 31.1 Å². The predicted molar refractivity (Wildman–Crippen MR) is 88.3 cm³/mol. The van der Waals surface area contributed by atoms with Crippen molar-refractivity contribution in [2.45, 2.75) is 52.7 Å². The maximum Gasteiger partial charge on any atom is 0.224 e. The first-order valence-corrected chi connectivity index (χ1v) is 7.92. The number of amides is 1. The Kier molecular flexibility index (Phi) is 5.75. The number of nitrogens with zero attached hydrogens (tertiary/aromatic N) is 3. The summed E-state index contributed by atoms with van der Waals surface area (Å²) in [4.78, 5) is 14.6. The standard InChI is InChI=1S/C18H25N3O/c1-4-16(3)21(14-17-8-6-5-7-9-17)18(22)10-11-20-13-15(2)12-19-20/h5-9,12-13,16H,4,10-11,14H2,1-3H3. The third-order valence-electron chi connectivity index (χ3n) is 3.96. The van der Waals surface area contributed by atoms with Gasteiger partial charge in [-0.05, 0) is 31.4 Å². The van der Waals surface area contributed by atoms with Crippen LogP contribution in [0.25, 0.3) is 0 Å². The van der Waals surface area contributed by atoms with Crippen LogP contribution in [0.1, 0.15) is 37.8 Å². The molecule has 0 aliphatic rings. The molecule has 1 unspecified atom stereocenters. The van der Waals surface area contributed by atoms with Gasteiger partial charge in [-0.15, -0.1) is 0 Å². The van der Waals surface area contributed by atoms with Crippen LogP contribution in [0.15, 0.2) is 42.7 Å². The average molecular weight is 299 g/mol. The highest BCUT2D eigenvalue weighted by molar-refractivity contribution is 5.76. The Morgan fingerprint density at radius 2 is 2.05 bits per heavy atom. The first-order valence-electron chi connectivity index (χ1n) is 7.92. The molecule has 4 nitrogen and oxygen atoms in total. The molecule has 2 rings (SSSR count). The summed E-state index contributed by atoms with van der Waals surface area (Å²) < 4.78 is 1.84. The van der Waals surface area contributed by atoms with Gasteiger partial charge in [-0.3, -0.25) is 9.48 Å².